The summed E-state index contributed by atoms with van der Waals surface area (Å²) in [6.07, 6.45) is 2.80. The Morgan fingerprint density at radius 3 is 2.59 bits per heavy atom. The van der Waals surface area contributed by atoms with Gasteiger partial charge in [-0.3, -0.25) is 9.59 Å². The molecule has 1 saturated heterocycles. The fourth-order valence-corrected chi connectivity index (χ4v) is 3.07. The summed E-state index contributed by atoms with van der Waals surface area (Å²) < 4.78 is 0. The molecule has 1 aliphatic heterocycles. The molecule has 4 heteroatoms. The summed E-state index contributed by atoms with van der Waals surface area (Å²) in [6, 6.07) is 9.94. The van der Waals surface area contributed by atoms with Gasteiger partial charge >= 0.3 is 0 Å². The maximum Gasteiger partial charge on any atom is 0.226 e. The quantitative estimate of drug-likeness (QED) is 0.907. The van der Waals surface area contributed by atoms with Crippen molar-refractivity contribution in [3.05, 3.63) is 35.9 Å². The number of rotatable bonds is 5. The molecule has 4 nitrogen and oxygen atoms in total. The number of amides is 2. The minimum Gasteiger partial charge on any atom is -0.347 e. The topological polar surface area (TPSA) is 49.4 Å². The summed E-state index contributed by atoms with van der Waals surface area (Å²) in [7, 11) is 0. The molecule has 1 N–H and O–H groups in total. The van der Waals surface area contributed by atoms with E-state index in [0.29, 0.717) is 18.9 Å². The standard InChI is InChI=1S/C18H24N2O2/c1-18(2,15-6-4-3-5-7-15)19-17(22)14-10-16(21)20(12-14)11-13-8-9-13/h3-7,13-14H,8-12H2,1-2H3,(H,19,22)/t14-/m1/s1. The van der Waals surface area contributed by atoms with Gasteiger partial charge in [-0.1, -0.05) is 30.3 Å². The Bertz CT molecular complexity index is 564. The van der Waals surface area contributed by atoms with E-state index in [2.05, 4.69) is 5.32 Å². The van der Waals surface area contributed by atoms with Crippen LogP contribution in [0.5, 0.6) is 0 Å². The fourth-order valence-electron chi connectivity index (χ4n) is 3.07. The molecule has 1 atom stereocenters. The molecule has 1 aromatic rings. The fraction of sp³-hybridized carbons (Fsp3) is 0.556. The van der Waals surface area contributed by atoms with E-state index >= 15 is 0 Å². The molecule has 1 saturated carbocycles. The van der Waals surface area contributed by atoms with Crippen molar-refractivity contribution in [3.8, 4) is 0 Å². The third-order valence-corrected chi connectivity index (χ3v) is 4.69. The Morgan fingerprint density at radius 1 is 1.27 bits per heavy atom. The number of nitrogens with zero attached hydrogens (tertiary/aromatic N) is 1. The average Bonchev–Trinajstić information content (AvgIpc) is 3.22. The highest BCUT2D eigenvalue weighted by atomic mass is 16.2. The van der Waals surface area contributed by atoms with Gasteiger partial charge in [-0.05, 0) is 38.2 Å². The molecule has 118 valence electrons. The van der Waals surface area contributed by atoms with E-state index in [1.807, 2.05) is 49.1 Å². The van der Waals surface area contributed by atoms with Gasteiger partial charge in [0.25, 0.3) is 0 Å². The Labute approximate surface area is 131 Å². The van der Waals surface area contributed by atoms with Crippen LogP contribution in [0.2, 0.25) is 0 Å². The van der Waals surface area contributed by atoms with Gasteiger partial charge < -0.3 is 10.2 Å². The van der Waals surface area contributed by atoms with Crippen LogP contribution < -0.4 is 5.32 Å². The summed E-state index contributed by atoms with van der Waals surface area (Å²) >= 11 is 0. The molecule has 1 heterocycles. The third-order valence-electron chi connectivity index (χ3n) is 4.69. The van der Waals surface area contributed by atoms with Crippen molar-refractivity contribution >= 4 is 11.8 Å². The van der Waals surface area contributed by atoms with Crippen LogP contribution in [0.25, 0.3) is 0 Å². The first-order valence-corrected chi connectivity index (χ1v) is 8.11. The summed E-state index contributed by atoms with van der Waals surface area (Å²) in [6.45, 7) is 5.41. The first kappa shape index (κ1) is 15.1. The summed E-state index contributed by atoms with van der Waals surface area (Å²) in [4.78, 5) is 26.4. The van der Waals surface area contributed by atoms with Crippen LogP contribution in [0.3, 0.4) is 0 Å². The molecule has 0 bridgehead atoms. The van der Waals surface area contributed by atoms with E-state index in [1.165, 1.54) is 12.8 Å². The predicted molar refractivity (Wildman–Crippen MR) is 85.0 cm³/mol. The normalized spacial score (nSPS) is 22.0. The molecule has 2 amide bonds. The summed E-state index contributed by atoms with van der Waals surface area (Å²) in [5.41, 5.74) is 0.646. The molecule has 0 aromatic heterocycles. The molecule has 0 unspecified atom stereocenters. The maximum atomic E-state index is 12.5. The summed E-state index contributed by atoms with van der Waals surface area (Å²) in [5, 5.41) is 3.11. The molecule has 2 fully saturated rings. The van der Waals surface area contributed by atoms with Crippen molar-refractivity contribution in [1.29, 1.82) is 0 Å². The summed E-state index contributed by atoms with van der Waals surface area (Å²) in [5.74, 6) is 0.575. The number of likely N-dealkylation sites (tertiary alicyclic amines) is 1. The molecule has 0 radical (unpaired) electrons. The Hall–Kier alpha value is -1.84. The second-order valence-electron chi connectivity index (χ2n) is 7.12. The highest BCUT2D eigenvalue weighted by Crippen LogP contribution is 2.32. The number of carbonyl (C=O) groups excluding carboxylic acids is 2. The van der Waals surface area contributed by atoms with Crippen molar-refractivity contribution in [1.82, 2.24) is 10.2 Å². The van der Waals surface area contributed by atoms with Crippen LogP contribution in [0.1, 0.15) is 38.7 Å². The Balaban J connectivity index is 1.61. The van der Waals surface area contributed by atoms with Gasteiger partial charge in [-0.15, -0.1) is 0 Å². The minimum absolute atomic E-state index is 0.0134. The second kappa shape index (κ2) is 5.75. The van der Waals surface area contributed by atoms with E-state index in [-0.39, 0.29) is 17.7 Å². The third kappa shape index (κ3) is 3.32. The zero-order valence-electron chi connectivity index (χ0n) is 13.3. The first-order chi connectivity index (χ1) is 10.5. The maximum absolute atomic E-state index is 12.5. The number of nitrogens with one attached hydrogen (secondary N) is 1. The molecule has 1 aliphatic carbocycles. The highest BCUT2D eigenvalue weighted by Gasteiger charge is 2.38. The van der Waals surface area contributed by atoms with Crippen molar-refractivity contribution in [3.63, 3.8) is 0 Å². The van der Waals surface area contributed by atoms with Gasteiger partial charge in [0.1, 0.15) is 0 Å². The minimum atomic E-state index is -0.425. The predicted octanol–water partition coefficient (Wildman–Crippen LogP) is 2.30. The zero-order chi connectivity index (χ0) is 15.7. The van der Waals surface area contributed by atoms with Crippen LogP contribution in [-0.4, -0.2) is 29.8 Å². The van der Waals surface area contributed by atoms with Gasteiger partial charge in [-0.2, -0.15) is 0 Å². The molecule has 22 heavy (non-hydrogen) atoms. The largest absolute Gasteiger partial charge is 0.347 e. The lowest BCUT2D eigenvalue weighted by molar-refractivity contribution is -0.129. The molecular formula is C18H24N2O2. The molecule has 0 spiro atoms. The Kier molecular flexibility index (Phi) is 3.94. The van der Waals surface area contributed by atoms with E-state index in [0.717, 1.165) is 12.1 Å². The van der Waals surface area contributed by atoms with E-state index in [9.17, 15) is 9.59 Å². The average molecular weight is 300 g/mol. The van der Waals surface area contributed by atoms with Gasteiger partial charge in [0.2, 0.25) is 11.8 Å². The Morgan fingerprint density at radius 2 is 1.95 bits per heavy atom. The van der Waals surface area contributed by atoms with Crippen LogP contribution >= 0.6 is 0 Å². The highest BCUT2D eigenvalue weighted by molar-refractivity contribution is 5.89. The van der Waals surface area contributed by atoms with Crippen LogP contribution in [0, 0.1) is 11.8 Å². The van der Waals surface area contributed by atoms with Crippen molar-refractivity contribution in [2.45, 2.75) is 38.6 Å². The van der Waals surface area contributed by atoms with Gasteiger partial charge in [-0.25, -0.2) is 0 Å². The van der Waals surface area contributed by atoms with E-state index in [1.54, 1.807) is 0 Å². The first-order valence-electron chi connectivity index (χ1n) is 8.11. The number of hydrogen-bond donors (Lipinski definition) is 1. The molecule has 3 rings (SSSR count). The SMILES string of the molecule is CC(C)(NC(=O)[C@@H]1CC(=O)N(CC2CC2)C1)c1ccccc1. The second-order valence-corrected chi connectivity index (χ2v) is 7.12. The van der Waals surface area contributed by atoms with Crippen LogP contribution in [-0.2, 0) is 15.1 Å². The smallest absolute Gasteiger partial charge is 0.226 e. The van der Waals surface area contributed by atoms with Crippen molar-refractivity contribution in [2.24, 2.45) is 11.8 Å². The van der Waals surface area contributed by atoms with Crippen LogP contribution in [0.4, 0.5) is 0 Å². The number of benzene rings is 1. The van der Waals surface area contributed by atoms with Crippen molar-refractivity contribution < 1.29 is 9.59 Å². The monoisotopic (exact) mass is 300 g/mol. The zero-order valence-corrected chi connectivity index (χ0v) is 13.3. The van der Waals surface area contributed by atoms with Gasteiger partial charge in [0.15, 0.2) is 0 Å². The lowest BCUT2D eigenvalue weighted by Gasteiger charge is -2.28. The van der Waals surface area contributed by atoms with Crippen LogP contribution in [0.15, 0.2) is 30.3 Å². The number of carbonyl (C=O) groups is 2. The molecular weight excluding hydrogens is 276 g/mol. The number of hydrogen-bond acceptors (Lipinski definition) is 2. The van der Waals surface area contributed by atoms with E-state index < -0.39 is 5.54 Å². The molecule has 2 aliphatic rings. The lowest BCUT2D eigenvalue weighted by atomic mass is 9.93. The molecule has 1 aromatic carbocycles. The van der Waals surface area contributed by atoms with Crippen molar-refractivity contribution in [2.75, 3.05) is 13.1 Å². The lowest BCUT2D eigenvalue weighted by Crippen LogP contribution is -2.44. The van der Waals surface area contributed by atoms with E-state index in [4.69, 9.17) is 0 Å². The van der Waals surface area contributed by atoms with Gasteiger partial charge in [0, 0.05) is 19.5 Å². The van der Waals surface area contributed by atoms with Gasteiger partial charge in [0.05, 0.1) is 11.5 Å².